The summed E-state index contributed by atoms with van der Waals surface area (Å²) in [6, 6.07) is 3.93. The van der Waals surface area contributed by atoms with Crippen molar-refractivity contribution >= 4 is 0 Å². The second-order valence-corrected chi connectivity index (χ2v) is 3.70. The van der Waals surface area contributed by atoms with Crippen LogP contribution < -0.4 is 4.74 Å². The van der Waals surface area contributed by atoms with Gasteiger partial charge in [0.25, 0.3) is 0 Å². The van der Waals surface area contributed by atoms with E-state index in [1.165, 1.54) is 5.56 Å². The zero-order chi connectivity index (χ0) is 10.7. The third-order valence-electron chi connectivity index (χ3n) is 2.69. The predicted octanol–water partition coefficient (Wildman–Crippen LogP) is 3.22. The quantitative estimate of drug-likeness (QED) is 0.800. The first kappa shape index (κ1) is 10.9. The van der Waals surface area contributed by atoms with E-state index in [0.717, 1.165) is 12.0 Å². The minimum Gasteiger partial charge on any atom is -0.504 e. The van der Waals surface area contributed by atoms with Crippen molar-refractivity contribution < 1.29 is 9.84 Å². The average Bonchev–Trinajstić information content (AvgIpc) is 2.20. The summed E-state index contributed by atoms with van der Waals surface area (Å²) in [5, 5.41) is 9.65. The maximum absolute atomic E-state index is 9.65. The van der Waals surface area contributed by atoms with Crippen molar-refractivity contribution in [3.63, 3.8) is 0 Å². The highest BCUT2D eigenvalue weighted by molar-refractivity contribution is 5.48. The maximum atomic E-state index is 9.65. The van der Waals surface area contributed by atoms with Gasteiger partial charge in [-0.05, 0) is 36.5 Å². The van der Waals surface area contributed by atoms with Gasteiger partial charge in [0.15, 0.2) is 11.5 Å². The highest BCUT2D eigenvalue weighted by Gasteiger charge is 2.10. The van der Waals surface area contributed by atoms with Crippen LogP contribution in [0.2, 0.25) is 0 Å². The number of aromatic hydroxyl groups is 1. The van der Waals surface area contributed by atoms with E-state index in [1.807, 2.05) is 19.1 Å². The fourth-order valence-corrected chi connectivity index (χ4v) is 1.45. The fraction of sp³-hybridized carbons (Fsp3) is 0.500. The Bertz CT molecular complexity index is 318. The van der Waals surface area contributed by atoms with Crippen molar-refractivity contribution in [1.82, 2.24) is 0 Å². The van der Waals surface area contributed by atoms with Crippen LogP contribution in [0.3, 0.4) is 0 Å². The zero-order valence-electron chi connectivity index (χ0n) is 9.29. The summed E-state index contributed by atoms with van der Waals surface area (Å²) >= 11 is 0. The third-order valence-corrected chi connectivity index (χ3v) is 2.69. The van der Waals surface area contributed by atoms with Crippen LogP contribution in [0.15, 0.2) is 12.1 Å². The summed E-state index contributed by atoms with van der Waals surface area (Å²) in [5.74, 6) is 1.32. The Labute approximate surface area is 85.5 Å². The van der Waals surface area contributed by atoms with Crippen molar-refractivity contribution in [2.24, 2.45) is 0 Å². The summed E-state index contributed by atoms with van der Waals surface area (Å²) < 4.78 is 5.11. The molecule has 0 aromatic heterocycles. The van der Waals surface area contributed by atoms with Crippen LogP contribution >= 0.6 is 0 Å². The Balaban J connectivity index is 3.16. The number of rotatable bonds is 3. The Morgan fingerprint density at radius 3 is 2.57 bits per heavy atom. The number of ether oxygens (including phenoxy) is 1. The van der Waals surface area contributed by atoms with Crippen LogP contribution in [-0.2, 0) is 0 Å². The van der Waals surface area contributed by atoms with Crippen LogP contribution in [0.4, 0.5) is 0 Å². The van der Waals surface area contributed by atoms with Gasteiger partial charge >= 0.3 is 0 Å². The average molecular weight is 194 g/mol. The molecule has 0 radical (unpaired) electrons. The molecule has 1 N–H and O–H groups in total. The molecule has 0 spiro atoms. The molecule has 1 aromatic carbocycles. The van der Waals surface area contributed by atoms with Gasteiger partial charge < -0.3 is 9.84 Å². The topological polar surface area (TPSA) is 29.5 Å². The van der Waals surface area contributed by atoms with Crippen molar-refractivity contribution in [3.8, 4) is 11.5 Å². The van der Waals surface area contributed by atoms with Crippen LogP contribution in [0.25, 0.3) is 0 Å². The van der Waals surface area contributed by atoms with Gasteiger partial charge in [-0.3, -0.25) is 0 Å². The molecule has 0 saturated carbocycles. The van der Waals surface area contributed by atoms with Crippen molar-refractivity contribution in [2.75, 3.05) is 7.11 Å². The summed E-state index contributed by atoms with van der Waals surface area (Å²) in [6.45, 7) is 6.22. The Hall–Kier alpha value is -1.18. The van der Waals surface area contributed by atoms with Gasteiger partial charge in [0.05, 0.1) is 7.11 Å². The molecule has 1 atom stereocenters. The van der Waals surface area contributed by atoms with E-state index in [0.29, 0.717) is 11.7 Å². The van der Waals surface area contributed by atoms with Crippen LogP contribution in [0.1, 0.15) is 37.3 Å². The van der Waals surface area contributed by atoms with E-state index in [-0.39, 0.29) is 5.75 Å². The smallest absolute Gasteiger partial charge is 0.161 e. The molecule has 0 fully saturated rings. The zero-order valence-corrected chi connectivity index (χ0v) is 9.29. The molecule has 0 saturated heterocycles. The first-order chi connectivity index (χ1) is 6.60. The summed E-state index contributed by atoms with van der Waals surface area (Å²) in [6.07, 6.45) is 1.09. The van der Waals surface area contributed by atoms with E-state index < -0.39 is 0 Å². The first-order valence-electron chi connectivity index (χ1n) is 4.97. The van der Waals surface area contributed by atoms with Gasteiger partial charge in [0.1, 0.15) is 0 Å². The van der Waals surface area contributed by atoms with Crippen LogP contribution in [-0.4, -0.2) is 12.2 Å². The molecule has 1 unspecified atom stereocenters. The van der Waals surface area contributed by atoms with E-state index in [9.17, 15) is 5.11 Å². The lowest BCUT2D eigenvalue weighted by atomic mass is 9.96. The molecule has 0 bridgehead atoms. The van der Waals surface area contributed by atoms with Crippen LogP contribution in [0.5, 0.6) is 11.5 Å². The van der Waals surface area contributed by atoms with Crippen molar-refractivity contribution in [2.45, 2.75) is 33.1 Å². The molecule has 0 aliphatic rings. The lowest BCUT2D eigenvalue weighted by Gasteiger charge is -2.13. The summed E-state index contributed by atoms with van der Waals surface area (Å²) in [4.78, 5) is 0. The number of aryl methyl sites for hydroxylation is 1. The lowest BCUT2D eigenvalue weighted by molar-refractivity contribution is 0.371. The molecular formula is C12H18O2. The SMILES string of the molecule is CCC(C)c1cc(C)c(O)c(OC)c1. The number of benzene rings is 1. The molecule has 0 aliphatic carbocycles. The highest BCUT2D eigenvalue weighted by Crippen LogP contribution is 2.33. The standard InChI is InChI=1S/C12H18O2/c1-5-8(2)10-6-9(3)12(13)11(7-10)14-4/h6-8,13H,5H2,1-4H3. The van der Waals surface area contributed by atoms with Gasteiger partial charge in [-0.2, -0.15) is 0 Å². The minimum absolute atomic E-state index is 0.250. The second-order valence-electron chi connectivity index (χ2n) is 3.70. The fourth-order valence-electron chi connectivity index (χ4n) is 1.45. The first-order valence-corrected chi connectivity index (χ1v) is 4.97. The molecule has 14 heavy (non-hydrogen) atoms. The van der Waals surface area contributed by atoms with Gasteiger partial charge in [-0.25, -0.2) is 0 Å². The minimum atomic E-state index is 0.250. The number of phenolic OH excluding ortho intramolecular Hbond substituents is 1. The lowest BCUT2D eigenvalue weighted by Crippen LogP contribution is -1.94. The predicted molar refractivity (Wildman–Crippen MR) is 58.1 cm³/mol. The molecule has 1 rings (SSSR count). The molecule has 1 aromatic rings. The molecule has 0 amide bonds. The number of hydrogen-bond donors (Lipinski definition) is 1. The molecule has 78 valence electrons. The molecule has 2 nitrogen and oxygen atoms in total. The largest absolute Gasteiger partial charge is 0.504 e. The van der Waals surface area contributed by atoms with Gasteiger partial charge in [-0.15, -0.1) is 0 Å². The van der Waals surface area contributed by atoms with E-state index in [2.05, 4.69) is 13.8 Å². The molecule has 0 heterocycles. The second kappa shape index (κ2) is 4.36. The number of phenols is 1. The summed E-state index contributed by atoms with van der Waals surface area (Å²) in [7, 11) is 1.58. The summed E-state index contributed by atoms with van der Waals surface area (Å²) in [5.41, 5.74) is 2.10. The van der Waals surface area contributed by atoms with E-state index >= 15 is 0 Å². The normalized spacial score (nSPS) is 12.6. The van der Waals surface area contributed by atoms with Crippen molar-refractivity contribution in [3.05, 3.63) is 23.3 Å². The van der Waals surface area contributed by atoms with E-state index in [4.69, 9.17) is 4.74 Å². The Morgan fingerprint density at radius 1 is 1.43 bits per heavy atom. The monoisotopic (exact) mass is 194 g/mol. The van der Waals surface area contributed by atoms with Gasteiger partial charge in [-0.1, -0.05) is 19.9 Å². The Kier molecular flexibility index (Phi) is 3.39. The number of hydrogen-bond acceptors (Lipinski definition) is 2. The van der Waals surface area contributed by atoms with E-state index in [1.54, 1.807) is 7.11 Å². The molecule has 0 aliphatic heterocycles. The van der Waals surface area contributed by atoms with Crippen molar-refractivity contribution in [1.29, 1.82) is 0 Å². The third kappa shape index (κ3) is 2.00. The molecular weight excluding hydrogens is 176 g/mol. The number of methoxy groups -OCH3 is 1. The van der Waals surface area contributed by atoms with Gasteiger partial charge in [0, 0.05) is 0 Å². The Morgan fingerprint density at radius 2 is 2.07 bits per heavy atom. The van der Waals surface area contributed by atoms with Gasteiger partial charge in [0.2, 0.25) is 0 Å². The molecule has 2 heteroatoms. The van der Waals surface area contributed by atoms with Crippen LogP contribution in [0, 0.1) is 6.92 Å². The maximum Gasteiger partial charge on any atom is 0.161 e. The highest BCUT2D eigenvalue weighted by atomic mass is 16.5.